The molecule has 3 heterocycles. The predicted octanol–water partition coefficient (Wildman–Crippen LogP) is 3.13. The number of hydrogen-bond acceptors (Lipinski definition) is 9. The molecule has 3 aromatic rings. The van der Waals surface area contributed by atoms with Crippen LogP contribution in [0.15, 0.2) is 42.9 Å². The Kier molecular flexibility index (Phi) is 7.33. The number of anilines is 2. The fourth-order valence-corrected chi connectivity index (χ4v) is 4.60. The number of fused-ring (bicyclic) bond motifs is 1. The van der Waals surface area contributed by atoms with Gasteiger partial charge in [-0.15, -0.1) is 0 Å². The lowest BCUT2D eigenvalue weighted by atomic mass is 9.93. The molecular formula is C25H31N5O4. The number of ether oxygens (including phenoxy) is 3. The van der Waals surface area contributed by atoms with Crippen molar-refractivity contribution in [2.24, 2.45) is 0 Å². The van der Waals surface area contributed by atoms with Gasteiger partial charge in [-0.05, 0) is 43.4 Å². The van der Waals surface area contributed by atoms with Gasteiger partial charge in [0.25, 0.3) is 0 Å². The Bertz CT molecular complexity index is 1070. The minimum Gasteiger partial charge on any atom is -0.488 e. The third kappa shape index (κ3) is 5.55. The molecule has 1 saturated carbocycles. The van der Waals surface area contributed by atoms with E-state index in [9.17, 15) is 0 Å². The lowest BCUT2D eigenvalue weighted by Crippen LogP contribution is -2.36. The van der Waals surface area contributed by atoms with E-state index in [0.717, 1.165) is 85.8 Å². The molecule has 2 N–H and O–H groups in total. The van der Waals surface area contributed by atoms with Crippen molar-refractivity contribution in [3.8, 4) is 5.75 Å². The number of nitrogens with one attached hydrogen (secondary N) is 1. The van der Waals surface area contributed by atoms with E-state index in [4.69, 9.17) is 19.3 Å². The van der Waals surface area contributed by atoms with Gasteiger partial charge in [-0.1, -0.05) is 6.07 Å². The third-order valence-corrected chi connectivity index (χ3v) is 6.40. The van der Waals surface area contributed by atoms with Crippen molar-refractivity contribution in [3.63, 3.8) is 0 Å². The molecule has 1 aromatic carbocycles. The number of pyridine rings is 1. The van der Waals surface area contributed by atoms with Gasteiger partial charge in [0.15, 0.2) is 0 Å². The molecule has 2 aromatic heterocycles. The van der Waals surface area contributed by atoms with Gasteiger partial charge >= 0.3 is 0 Å². The molecule has 1 saturated heterocycles. The number of aliphatic hydroxyl groups excluding tert-OH is 1. The Morgan fingerprint density at radius 2 is 1.85 bits per heavy atom. The van der Waals surface area contributed by atoms with Crippen LogP contribution >= 0.6 is 0 Å². The van der Waals surface area contributed by atoms with Crippen LogP contribution in [0, 0.1) is 0 Å². The molecule has 1 aliphatic heterocycles. The van der Waals surface area contributed by atoms with Crippen molar-refractivity contribution in [1.29, 1.82) is 0 Å². The maximum Gasteiger partial charge on any atom is 0.149 e. The summed E-state index contributed by atoms with van der Waals surface area (Å²) >= 11 is 0. The molecule has 0 atom stereocenters. The molecule has 1 aliphatic carbocycles. The highest BCUT2D eigenvalue weighted by Crippen LogP contribution is 2.33. The number of hydrogen-bond donors (Lipinski definition) is 2. The first-order valence-corrected chi connectivity index (χ1v) is 11.9. The highest BCUT2D eigenvalue weighted by molar-refractivity contribution is 5.85. The maximum atomic E-state index is 8.76. The molecule has 0 amide bonds. The Morgan fingerprint density at radius 3 is 2.62 bits per heavy atom. The molecule has 0 bridgehead atoms. The largest absolute Gasteiger partial charge is 0.488 e. The second-order valence-corrected chi connectivity index (χ2v) is 8.73. The normalized spacial score (nSPS) is 20.9. The van der Waals surface area contributed by atoms with E-state index in [2.05, 4.69) is 37.3 Å². The lowest BCUT2D eigenvalue weighted by molar-refractivity contribution is -0.0113. The zero-order valence-corrected chi connectivity index (χ0v) is 19.2. The molecule has 0 unspecified atom stereocenters. The van der Waals surface area contributed by atoms with E-state index >= 15 is 0 Å². The van der Waals surface area contributed by atoms with E-state index < -0.39 is 0 Å². The highest BCUT2D eigenvalue weighted by Gasteiger charge is 2.24. The minimum absolute atomic E-state index is 0.147. The van der Waals surface area contributed by atoms with Crippen LogP contribution in [0.3, 0.4) is 0 Å². The van der Waals surface area contributed by atoms with Crippen LogP contribution in [0.5, 0.6) is 5.75 Å². The molecule has 2 aliphatic rings. The summed E-state index contributed by atoms with van der Waals surface area (Å²) < 4.78 is 17.0. The average Bonchev–Trinajstić information content (AvgIpc) is 2.90. The minimum atomic E-state index is -0.287. The molecule has 0 radical (unpaired) electrons. The number of rotatable bonds is 8. The van der Waals surface area contributed by atoms with Gasteiger partial charge < -0.3 is 29.5 Å². The van der Waals surface area contributed by atoms with Crippen LogP contribution in [0.4, 0.5) is 11.5 Å². The van der Waals surface area contributed by atoms with Gasteiger partial charge in [0.1, 0.15) is 23.9 Å². The summed E-state index contributed by atoms with van der Waals surface area (Å²) in [5.41, 5.74) is 3.72. The molecule has 2 fully saturated rings. The topological polar surface area (TPSA) is 102 Å². The van der Waals surface area contributed by atoms with Crippen molar-refractivity contribution in [2.75, 3.05) is 43.3 Å². The van der Waals surface area contributed by atoms with Crippen LogP contribution in [0.1, 0.15) is 31.2 Å². The summed E-state index contributed by atoms with van der Waals surface area (Å²) in [6.45, 7) is 3.28. The van der Waals surface area contributed by atoms with Crippen LogP contribution < -0.4 is 15.0 Å². The van der Waals surface area contributed by atoms with Gasteiger partial charge in [-0.25, -0.2) is 9.97 Å². The highest BCUT2D eigenvalue weighted by atomic mass is 16.6. The standard InChI is InChI=1S/C25H31N5O4/c31-17-33-16-18-1-6-24(28-15-18)29-19-2-4-21(5-3-19)34-23-14-20(30-9-11-32-12-10-30)13-22-25(23)27-8-7-26-22/h1,6-8,13-15,19,21,31H,2-5,9-12,16-17H2,(H,28,29). The van der Waals surface area contributed by atoms with E-state index in [1.807, 2.05) is 12.1 Å². The average molecular weight is 466 g/mol. The third-order valence-electron chi connectivity index (χ3n) is 6.40. The maximum absolute atomic E-state index is 8.76. The van der Waals surface area contributed by atoms with Crippen LogP contribution in [0.25, 0.3) is 11.0 Å². The van der Waals surface area contributed by atoms with Gasteiger partial charge in [0, 0.05) is 49.5 Å². The van der Waals surface area contributed by atoms with Crippen LogP contribution in [-0.4, -0.2) is 65.3 Å². The van der Waals surface area contributed by atoms with Gasteiger partial charge in [-0.2, -0.15) is 0 Å². The van der Waals surface area contributed by atoms with Gasteiger partial charge in [0.05, 0.1) is 31.4 Å². The van der Waals surface area contributed by atoms with E-state index in [-0.39, 0.29) is 12.9 Å². The van der Waals surface area contributed by atoms with Crippen LogP contribution in [-0.2, 0) is 16.1 Å². The Morgan fingerprint density at radius 1 is 1.03 bits per heavy atom. The van der Waals surface area contributed by atoms with Crippen molar-refractivity contribution >= 4 is 22.5 Å². The fraction of sp³-hybridized carbons (Fsp3) is 0.480. The zero-order valence-electron chi connectivity index (χ0n) is 19.2. The monoisotopic (exact) mass is 465 g/mol. The number of morpholine rings is 1. The number of aliphatic hydroxyl groups is 1. The molecule has 180 valence electrons. The smallest absolute Gasteiger partial charge is 0.149 e. The molecule has 34 heavy (non-hydrogen) atoms. The van der Waals surface area contributed by atoms with Crippen molar-refractivity contribution < 1.29 is 19.3 Å². The first-order valence-electron chi connectivity index (χ1n) is 11.9. The lowest BCUT2D eigenvalue weighted by Gasteiger charge is -2.31. The summed E-state index contributed by atoms with van der Waals surface area (Å²) in [6, 6.07) is 8.49. The number of aromatic nitrogens is 3. The SMILES string of the molecule is OCOCc1ccc(NC2CCC(Oc3cc(N4CCOCC4)cc4nccnc34)CC2)nc1. The van der Waals surface area contributed by atoms with E-state index in [1.165, 1.54) is 0 Å². The fourth-order valence-electron chi connectivity index (χ4n) is 4.60. The molecule has 9 nitrogen and oxygen atoms in total. The summed E-state index contributed by atoms with van der Waals surface area (Å²) in [4.78, 5) is 15.9. The van der Waals surface area contributed by atoms with Crippen LogP contribution in [0.2, 0.25) is 0 Å². The first kappa shape index (κ1) is 22.8. The summed E-state index contributed by atoms with van der Waals surface area (Å²) in [6.07, 6.45) is 9.32. The number of nitrogens with zero attached hydrogens (tertiary/aromatic N) is 4. The predicted molar refractivity (Wildman–Crippen MR) is 129 cm³/mol. The first-order chi connectivity index (χ1) is 16.8. The second-order valence-electron chi connectivity index (χ2n) is 8.73. The summed E-state index contributed by atoms with van der Waals surface area (Å²) in [7, 11) is 0. The molecule has 5 rings (SSSR count). The molecule has 9 heteroatoms. The molecule has 0 spiro atoms. The zero-order chi connectivity index (χ0) is 23.2. The van der Waals surface area contributed by atoms with Gasteiger partial charge in [0.2, 0.25) is 0 Å². The Labute approximate surface area is 199 Å². The Hall–Kier alpha value is -3.01. The van der Waals surface area contributed by atoms with E-state index in [1.54, 1.807) is 18.6 Å². The summed E-state index contributed by atoms with van der Waals surface area (Å²) in [5.74, 6) is 1.67. The Balaban J connectivity index is 1.21. The van der Waals surface area contributed by atoms with Gasteiger partial charge in [-0.3, -0.25) is 4.98 Å². The second kappa shape index (κ2) is 10.9. The quantitative estimate of drug-likeness (QED) is 0.486. The molecular weight excluding hydrogens is 434 g/mol. The summed E-state index contributed by atoms with van der Waals surface area (Å²) in [5, 5.41) is 12.3. The van der Waals surface area contributed by atoms with Crippen molar-refractivity contribution in [1.82, 2.24) is 15.0 Å². The number of benzene rings is 1. The van der Waals surface area contributed by atoms with E-state index in [0.29, 0.717) is 12.6 Å². The van der Waals surface area contributed by atoms with Crippen molar-refractivity contribution in [2.45, 2.75) is 44.4 Å². The van der Waals surface area contributed by atoms with Crippen molar-refractivity contribution in [3.05, 3.63) is 48.4 Å².